The number of hydrogen-bond acceptors (Lipinski definition) is 5. The molecule has 2 heterocycles. The van der Waals surface area contributed by atoms with Crippen LogP contribution in [0.4, 0.5) is 10.8 Å². The molecule has 0 aliphatic rings. The molecule has 6 nitrogen and oxygen atoms in total. The summed E-state index contributed by atoms with van der Waals surface area (Å²) in [4.78, 5) is 37.0. The van der Waals surface area contributed by atoms with Crippen molar-refractivity contribution in [2.45, 2.75) is 26.3 Å². The Bertz CT molecular complexity index is 1540. The predicted octanol–water partition coefficient (Wildman–Crippen LogP) is 6.11. The molecule has 1 amide bonds. The number of aryl methyl sites for hydroxylation is 1. The van der Waals surface area contributed by atoms with Gasteiger partial charge in [0.25, 0.3) is 5.56 Å². The highest BCUT2D eigenvalue weighted by Crippen LogP contribution is 2.37. The van der Waals surface area contributed by atoms with E-state index in [1.54, 1.807) is 27.9 Å². The minimum absolute atomic E-state index is 0.105. The van der Waals surface area contributed by atoms with E-state index in [0.717, 1.165) is 15.8 Å². The summed E-state index contributed by atoms with van der Waals surface area (Å²) in [5.41, 5.74) is 2.92. The third-order valence-electron chi connectivity index (χ3n) is 5.72. The number of amides is 1. The second kappa shape index (κ2) is 9.37. The summed E-state index contributed by atoms with van der Waals surface area (Å²) < 4.78 is 2.56. The SMILES string of the molecule is Cc1c(Cl)cccc1N(C(=O)CCCn1cnc2ccccc2c1=O)c1nc2ccccc2s1. The van der Waals surface area contributed by atoms with Gasteiger partial charge in [-0.15, -0.1) is 0 Å². The van der Waals surface area contributed by atoms with Gasteiger partial charge in [0.2, 0.25) is 5.91 Å². The molecule has 0 saturated carbocycles. The summed E-state index contributed by atoms with van der Waals surface area (Å²) in [6.45, 7) is 2.29. The number of thiazole rings is 1. The molecule has 0 radical (unpaired) electrons. The maximum absolute atomic E-state index is 13.5. The van der Waals surface area contributed by atoms with Crippen molar-refractivity contribution in [1.29, 1.82) is 0 Å². The predicted molar refractivity (Wildman–Crippen MR) is 138 cm³/mol. The summed E-state index contributed by atoms with van der Waals surface area (Å²) in [6, 6.07) is 20.6. The van der Waals surface area contributed by atoms with E-state index in [-0.39, 0.29) is 17.9 Å². The van der Waals surface area contributed by atoms with Crippen LogP contribution in [-0.4, -0.2) is 20.4 Å². The number of nitrogens with zero attached hydrogens (tertiary/aromatic N) is 4. The number of carbonyl (C=O) groups is 1. The number of aromatic nitrogens is 3. The number of carbonyl (C=O) groups excluding carboxylic acids is 1. The second-order valence-electron chi connectivity index (χ2n) is 7.94. The molecule has 0 fully saturated rings. The Balaban J connectivity index is 1.42. The van der Waals surface area contributed by atoms with Crippen LogP contribution in [0.1, 0.15) is 18.4 Å². The van der Waals surface area contributed by atoms with Gasteiger partial charge in [-0.2, -0.15) is 0 Å². The summed E-state index contributed by atoms with van der Waals surface area (Å²) in [5.74, 6) is -0.105. The lowest BCUT2D eigenvalue weighted by molar-refractivity contribution is -0.118. The van der Waals surface area contributed by atoms with Gasteiger partial charge in [0.05, 0.1) is 33.1 Å². The van der Waals surface area contributed by atoms with Crippen LogP contribution in [0.15, 0.2) is 77.9 Å². The number of fused-ring (bicyclic) bond motifs is 2. The highest BCUT2D eigenvalue weighted by atomic mass is 35.5. The molecule has 0 aliphatic carbocycles. The molecule has 0 saturated heterocycles. The first kappa shape index (κ1) is 22.3. The smallest absolute Gasteiger partial charge is 0.261 e. The lowest BCUT2D eigenvalue weighted by atomic mass is 10.1. The fraction of sp³-hybridized carbons (Fsp3) is 0.154. The Hall–Kier alpha value is -3.55. The summed E-state index contributed by atoms with van der Waals surface area (Å²) in [7, 11) is 0. The van der Waals surface area contributed by atoms with Crippen molar-refractivity contribution < 1.29 is 4.79 Å². The van der Waals surface area contributed by atoms with Crippen molar-refractivity contribution in [3.63, 3.8) is 0 Å². The van der Waals surface area contributed by atoms with Crippen LogP contribution in [0.5, 0.6) is 0 Å². The van der Waals surface area contributed by atoms with Crippen LogP contribution >= 0.6 is 22.9 Å². The Labute approximate surface area is 205 Å². The van der Waals surface area contributed by atoms with Gasteiger partial charge in [-0.25, -0.2) is 9.97 Å². The zero-order valence-corrected chi connectivity index (χ0v) is 20.0. The Morgan fingerprint density at radius 2 is 1.79 bits per heavy atom. The molecule has 0 bridgehead atoms. The topological polar surface area (TPSA) is 68.1 Å². The molecule has 170 valence electrons. The maximum atomic E-state index is 13.5. The zero-order chi connectivity index (χ0) is 23.7. The van der Waals surface area contributed by atoms with E-state index in [1.807, 2.05) is 61.5 Å². The maximum Gasteiger partial charge on any atom is 0.261 e. The number of hydrogen-bond donors (Lipinski definition) is 0. The number of benzene rings is 3. The molecule has 2 aromatic heterocycles. The molecule has 5 rings (SSSR count). The van der Waals surface area contributed by atoms with E-state index in [0.29, 0.717) is 39.7 Å². The van der Waals surface area contributed by atoms with Crippen molar-refractivity contribution in [3.05, 3.63) is 94.0 Å². The van der Waals surface area contributed by atoms with Gasteiger partial charge in [-0.3, -0.25) is 19.1 Å². The van der Waals surface area contributed by atoms with Crippen molar-refractivity contribution in [2.24, 2.45) is 0 Å². The molecule has 0 spiro atoms. The van der Waals surface area contributed by atoms with E-state index in [1.165, 1.54) is 11.3 Å². The van der Waals surface area contributed by atoms with Gasteiger partial charge < -0.3 is 0 Å². The van der Waals surface area contributed by atoms with E-state index in [4.69, 9.17) is 16.6 Å². The fourth-order valence-electron chi connectivity index (χ4n) is 3.92. The third kappa shape index (κ3) is 4.20. The summed E-state index contributed by atoms with van der Waals surface area (Å²) in [6.07, 6.45) is 2.27. The summed E-state index contributed by atoms with van der Waals surface area (Å²) >= 11 is 7.84. The van der Waals surface area contributed by atoms with E-state index < -0.39 is 0 Å². The number of rotatable bonds is 6. The van der Waals surface area contributed by atoms with Crippen LogP contribution in [0, 0.1) is 6.92 Å². The number of anilines is 2. The molecule has 34 heavy (non-hydrogen) atoms. The molecular weight excluding hydrogens is 468 g/mol. The van der Waals surface area contributed by atoms with Gasteiger partial charge in [0.15, 0.2) is 5.13 Å². The third-order valence-corrected chi connectivity index (χ3v) is 7.16. The highest BCUT2D eigenvalue weighted by molar-refractivity contribution is 7.22. The average molecular weight is 489 g/mol. The van der Waals surface area contributed by atoms with E-state index in [2.05, 4.69) is 4.98 Å². The minimum Gasteiger partial charge on any atom is -0.299 e. The molecule has 8 heteroatoms. The monoisotopic (exact) mass is 488 g/mol. The first-order valence-corrected chi connectivity index (χ1v) is 12.1. The summed E-state index contributed by atoms with van der Waals surface area (Å²) in [5, 5.41) is 1.76. The van der Waals surface area contributed by atoms with Gasteiger partial charge >= 0.3 is 0 Å². The second-order valence-corrected chi connectivity index (χ2v) is 9.36. The van der Waals surface area contributed by atoms with Crippen LogP contribution in [-0.2, 0) is 11.3 Å². The number of halogens is 1. The Morgan fingerprint density at radius 1 is 1.03 bits per heavy atom. The highest BCUT2D eigenvalue weighted by Gasteiger charge is 2.23. The van der Waals surface area contributed by atoms with Crippen molar-refractivity contribution in [2.75, 3.05) is 4.90 Å². The molecule has 0 N–H and O–H groups in total. The zero-order valence-electron chi connectivity index (χ0n) is 18.4. The average Bonchev–Trinajstić information content (AvgIpc) is 3.27. The van der Waals surface area contributed by atoms with Crippen LogP contribution in [0.3, 0.4) is 0 Å². The normalized spacial score (nSPS) is 11.2. The first-order chi connectivity index (χ1) is 16.5. The van der Waals surface area contributed by atoms with Crippen LogP contribution in [0.25, 0.3) is 21.1 Å². The van der Waals surface area contributed by atoms with Crippen LogP contribution in [0.2, 0.25) is 5.02 Å². The molecular formula is C26H21ClN4O2S. The van der Waals surface area contributed by atoms with Gasteiger partial charge in [-0.1, -0.05) is 53.3 Å². The van der Waals surface area contributed by atoms with Gasteiger partial charge in [0.1, 0.15) is 0 Å². The van der Waals surface area contributed by atoms with E-state index in [9.17, 15) is 9.59 Å². The standard InChI is InChI=1S/C26H21ClN4O2S/c1-17-19(27)9-6-12-22(17)31(26-29-21-11-4-5-13-23(21)34-26)24(32)14-7-15-30-16-28-20-10-3-2-8-18(20)25(30)33/h2-6,8-13,16H,7,14-15H2,1H3. The quantitative estimate of drug-likeness (QED) is 0.289. The minimum atomic E-state index is -0.105. The fourth-order valence-corrected chi connectivity index (χ4v) is 5.08. The lowest BCUT2D eigenvalue weighted by Crippen LogP contribution is -2.27. The Kier molecular flexibility index (Phi) is 6.13. The molecule has 0 unspecified atom stereocenters. The Morgan fingerprint density at radius 3 is 2.62 bits per heavy atom. The lowest BCUT2D eigenvalue weighted by Gasteiger charge is -2.22. The largest absolute Gasteiger partial charge is 0.299 e. The van der Waals surface area contributed by atoms with E-state index >= 15 is 0 Å². The number of para-hydroxylation sites is 2. The van der Waals surface area contributed by atoms with Gasteiger partial charge in [-0.05, 0) is 55.3 Å². The molecule has 5 aromatic rings. The van der Waals surface area contributed by atoms with Crippen molar-refractivity contribution >= 4 is 60.8 Å². The molecule has 3 aromatic carbocycles. The molecule has 0 aliphatic heterocycles. The first-order valence-electron chi connectivity index (χ1n) is 10.9. The molecule has 0 atom stereocenters. The van der Waals surface area contributed by atoms with Crippen molar-refractivity contribution in [3.8, 4) is 0 Å². The van der Waals surface area contributed by atoms with Crippen molar-refractivity contribution in [1.82, 2.24) is 14.5 Å². The van der Waals surface area contributed by atoms with Crippen LogP contribution < -0.4 is 10.5 Å². The van der Waals surface area contributed by atoms with Gasteiger partial charge in [0, 0.05) is 18.0 Å².